The first kappa shape index (κ1) is 13.8. The lowest BCUT2D eigenvalue weighted by atomic mass is 10.2. The molecule has 0 unspecified atom stereocenters. The van der Waals surface area contributed by atoms with E-state index in [1.807, 2.05) is 18.2 Å². The first-order chi connectivity index (χ1) is 11.3. The molecule has 0 N–H and O–H groups in total. The van der Waals surface area contributed by atoms with E-state index in [0.29, 0.717) is 11.5 Å². The molecule has 0 spiro atoms. The van der Waals surface area contributed by atoms with E-state index in [2.05, 4.69) is 29.7 Å². The molecule has 0 atom stereocenters. The zero-order valence-corrected chi connectivity index (χ0v) is 12.4. The van der Waals surface area contributed by atoms with Crippen LogP contribution in [0.2, 0.25) is 0 Å². The van der Waals surface area contributed by atoms with Gasteiger partial charge in [-0.05, 0) is 24.3 Å². The fourth-order valence-electron chi connectivity index (χ4n) is 2.86. The first-order valence-electron chi connectivity index (χ1n) is 7.49. The Morgan fingerprint density at radius 2 is 1.70 bits per heavy atom. The third-order valence-corrected chi connectivity index (χ3v) is 3.99. The first-order valence-corrected chi connectivity index (χ1v) is 7.49. The molecule has 3 aromatic heterocycles. The van der Waals surface area contributed by atoms with E-state index in [-0.39, 0.29) is 0 Å². The molecule has 1 aliphatic heterocycles. The van der Waals surface area contributed by atoms with Crippen molar-refractivity contribution in [2.24, 2.45) is 0 Å². The van der Waals surface area contributed by atoms with Gasteiger partial charge < -0.3 is 9.80 Å². The monoisotopic (exact) mass is 310 g/mol. The van der Waals surface area contributed by atoms with Crippen molar-refractivity contribution in [3.63, 3.8) is 0 Å². The summed E-state index contributed by atoms with van der Waals surface area (Å²) in [4.78, 5) is 21.1. The molecule has 1 saturated heterocycles. The number of piperazine rings is 1. The third-order valence-electron chi connectivity index (χ3n) is 3.99. The Hall–Kier alpha value is -2.83. The lowest BCUT2D eigenvalue weighted by Gasteiger charge is -2.36. The van der Waals surface area contributed by atoms with Gasteiger partial charge in [-0.2, -0.15) is 4.39 Å². The number of rotatable bonds is 2. The van der Waals surface area contributed by atoms with Crippen molar-refractivity contribution in [1.82, 2.24) is 19.9 Å². The molecule has 0 radical (unpaired) electrons. The lowest BCUT2D eigenvalue weighted by Crippen LogP contribution is -2.47. The van der Waals surface area contributed by atoms with Crippen molar-refractivity contribution in [1.29, 1.82) is 0 Å². The summed E-state index contributed by atoms with van der Waals surface area (Å²) in [6.45, 7) is 3.11. The molecule has 1 aliphatic rings. The Bertz CT molecular complexity index is 826. The Kier molecular flexibility index (Phi) is 3.45. The molecule has 116 valence electrons. The zero-order valence-electron chi connectivity index (χ0n) is 12.4. The number of fused-ring (bicyclic) bond motifs is 1. The Labute approximate surface area is 132 Å². The minimum atomic E-state index is -0.446. The maximum absolute atomic E-state index is 13.3. The molecular formula is C16H15FN6. The molecule has 0 bridgehead atoms. The Morgan fingerprint density at radius 3 is 2.52 bits per heavy atom. The molecule has 6 nitrogen and oxygen atoms in total. The van der Waals surface area contributed by atoms with E-state index in [1.165, 1.54) is 6.07 Å². The topological polar surface area (TPSA) is 58.0 Å². The normalized spacial score (nSPS) is 15.2. The summed E-state index contributed by atoms with van der Waals surface area (Å²) >= 11 is 0. The third kappa shape index (κ3) is 2.65. The zero-order chi connectivity index (χ0) is 15.6. The molecule has 0 aromatic carbocycles. The molecule has 0 amide bonds. The van der Waals surface area contributed by atoms with E-state index in [9.17, 15) is 4.39 Å². The number of halogens is 1. The van der Waals surface area contributed by atoms with Crippen molar-refractivity contribution < 1.29 is 4.39 Å². The van der Waals surface area contributed by atoms with Crippen molar-refractivity contribution in [2.45, 2.75) is 0 Å². The van der Waals surface area contributed by atoms with Gasteiger partial charge in [-0.1, -0.05) is 6.07 Å². The van der Waals surface area contributed by atoms with Gasteiger partial charge in [0.25, 0.3) is 0 Å². The minimum absolute atomic E-state index is 0.446. The van der Waals surface area contributed by atoms with Crippen molar-refractivity contribution in [2.75, 3.05) is 36.0 Å². The summed E-state index contributed by atoms with van der Waals surface area (Å²) < 4.78 is 13.3. The van der Waals surface area contributed by atoms with Crippen LogP contribution >= 0.6 is 0 Å². The number of aromatic nitrogens is 4. The highest BCUT2D eigenvalue weighted by Crippen LogP contribution is 2.23. The van der Waals surface area contributed by atoms with Crippen LogP contribution in [0.1, 0.15) is 0 Å². The van der Waals surface area contributed by atoms with Crippen LogP contribution in [0.4, 0.5) is 16.0 Å². The molecule has 1 fully saturated rings. The van der Waals surface area contributed by atoms with Crippen LogP contribution in [0.5, 0.6) is 0 Å². The summed E-state index contributed by atoms with van der Waals surface area (Å²) in [6, 6.07) is 8.76. The predicted molar refractivity (Wildman–Crippen MR) is 86.0 cm³/mol. The van der Waals surface area contributed by atoms with Gasteiger partial charge in [-0.25, -0.2) is 19.9 Å². The average Bonchev–Trinajstić information content (AvgIpc) is 2.61. The van der Waals surface area contributed by atoms with E-state index in [0.717, 1.165) is 37.4 Å². The molecule has 0 saturated carbocycles. The molecule has 0 aliphatic carbocycles. The van der Waals surface area contributed by atoms with Gasteiger partial charge in [0.15, 0.2) is 5.65 Å². The number of pyridine rings is 2. The second-order valence-electron chi connectivity index (χ2n) is 5.36. The molecule has 4 rings (SSSR count). The number of anilines is 2. The van der Waals surface area contributed by atoms with Crippen LogP contribution in [0.25, 0.3) is 11.0 Å². The highest BCUT2D eigenvalue weighted by molar-refractivity contribution is 5.86. The highest BCUT2D eigenvalue weighted by Gasteiger charge is 2.21. The van der Waals surface area contributed by atoms with E-state index >= 15 is 0 Å². The van der Waals surface area contributed by atoms with Crippen molar-refractivity contribution in [3.8, 4) is 0 Å². The fraction of sp³-hybridized carbons (Fsp3) is 0.250. The summed E-state index contributed by atoms with van der Waals surface area (Å²) in [6.07, 6.45) is 3.28. The largest absolute Gasteiger partial charge is 0.353 e. The smallest absolute Gasteiger partial charge is 0.214 e. The standard InChI is InChI=1S/C16H15FN6/c17-13-4-1-5-14(21-13)22-7-9-23(10-8-22)16-12-3-2-6-18-15(12)19-11-20-16/h1-6,11H,7-10H2. The number of hydrogen-bond acceptors (Lipinski definition) is 6. The molecular weight excluding hydrogens is 295 g/mol. The molecule has 4 heterocycles. The maximum Gasteiger partial charge on any atom is 0.214 e. The lowest BCUT2D eigenvalue weighted by molar-refractivity contribution is 0.574. The van der Waals surface area contributed by atoms with E-state index < -0.39 is 5.95 Å². The Morgan fingerprint density at radius 1 is 0.870 bits per heavy atom. The van der Waals surface area contributed by atoms with E-state index in [4.69, 9.17) is 0 Å². The van der Waals surface area contributed by atoms with Gasteiger partial charge in [-0.15, -0.1) is 0 Å². The van der Waals surface area contributed by atoms with Crippen molar-refractivity contribution in [3.05, 3.63) is 48.8 Å². The van der Waals surface area contributed by atoms with Crippen LogP contribution in [0, 0.1) is 5.95 Å². The second kappa shape index (κ2) is 5.75. The molecule has 7 heteroatoms. The summed E-state index contributed by atoms with van der Waals surface area (Å²) in [5.74, 6) is 1.13. The van der Waals surface area contributed by atoms with Gasteiger partial charge in [0.2, 0.25) is 5.95 Å². The van der Waals surface area contributed by atoms with E-state index in [1.54, 1.807) is 18.6 Å². The van der Waals surface area contributed by atoms with Crippen LogP contribution in [-0.4, -0.2) is 46.1 Å². The minimum Gasteiger partial charge on any atom is -0.353 e. The molecule has 23 heavy (non-hydrogen) atoms. The average molecular weight is 310 g/mol. The SMILES string of the molecule is Fc1cccc(N2CCN(c3ncnc4ncccc34)CC2)n1. The van der Waals surface area contributed by atoms with Gasteiger partial charge in [0.1, 0.15) is 18.0 Å². The van der Waals surface area contributed by atoms with Crippen LogP contribution in [0.15, 0.2) is 42.9 Å². The quantitative estimate of drug-likeness (QED) is 0.674. The Balaban J connectivity index is 1.55. The molecule has 3 aromatic rings. The van der Waals surface area contributed by atoms with Gasteiger partial charge >= 0.3 is 0 Å². The number of hydrogen-bond donors (Lipinski definition) is 0. The highest BCUT2D eigenvalue weighted by atomic mass is 19.1. The maximum atomic E-state index is 13.3. The van der Waals surface area contributed by atoms with Crippen molar-refractivity contribution >= 4 is 22.7 Å². The summed E-state index contributed by atoms with van der Waals surface area (Å²) in [5.41, 5.74) is 0.701. The fourth-order valence-corrected chi connectivity index (χ4v) is 2.86. The second-order valence-corrected chi connectivity index (χ2v) is 5.36. The van der Waals surface area contributed by atoms with Crippen LogP contribution in [0.3, 0.4) is 0 Å². The summed E-state index contributed by atoms with van der Waals surface area (Å²) in [7, 11) is 0. The van der Waals surface area contributed by atoms with Gasteiger partial charge in [0.05, 0.1) is 5.39 Å². The summed E-state index contributed by atoms with van der Waals surface area (Å²) in [5, 5.41) is 0.951. The van der Waals surface area contributed by atoms with Crippen LogP contribution in [-0.2, 0) is 0 Å². The van der Waals surface area contributed by atoms with Crippen LogP contribution < -0.4 is 9.80 Å². The van der Waals surface area contributed by atoms with Gasteiger partial charge in [0, 0.05) is 32.4 Å². The predicted octanol–water partition coefficient (Wildman–Crippen LogP) is 1.89. The van der Waals surface area contributed by atoms with Gasteiger partial charge in [-0.3, -0.25) is 0 Å². The number of nitrogens with zero attached hydrogens (tertiary/aromatic N) is 6.